The van der Waals surface area contributed by atoms with Gasteiger partial charge in [0.1, 0.15) is 24.4 Å². The maximum atomic E-state index is 13.9. The minimum absolute atomic E-state index is 0.0427. The highest BCUT2D eigenvalue weighted by molar-refractivity contribution is 7.14. The van der Waals surface area contributed by atoms with Gasteiger partial charge in [-0.05, 0) is 32.5 Å². The number of nitrogens with one attached hydrogen (secondary N) is 1. The quantitative estimate of drug-likeness (QED) is 0.225. The first-order chi connectivity index (χ1) is 20.4. The molecule has 1 aromatic carbocycles. The van der Waals surface area contributed by atoms with E-state index in [9.17, 15) is 34.8 Å². The number of rotatable bonds is 9. The molecule has 2 amide bonds. The number of aliphatic hydroxyl groups excluding tert-OH is 2. The lowest BCUT2D eigenvalue weighted by Gasteiger charge is -2.41. The topological polar surface area (TPSA) is 176 Å². The van der Waals surface area contributed by atoms with Crippen molar-refractivity contribution < 1.29 is 39.5 Å². The molecule has 0 aliphatic carbocycles. The van der Waals surface area contributed by atoms with Crippen molar-refractivity contribution >= 4 is 34.1 Å². The molecule has 5 rings (SSSR count). The molecule has 0 radical (unpaired) electrons. The van der Waals surface area contributed by atoms with E-state index in [0.29, 0.717) is 6.42 Å². The van der Waals surface area contributed by atoms with Crippen LogP contribution < -0.4 is 10.2 Å². The minimum atomic E-state index is -3.08. The molecule has 43 heavy (non-hydrogen) atoms. The van der Waals surface area contributed by atoms with E-state index in [1.165, 1.54) is 23.5 Å². The molecule has 14 heteroatoms. The smallest absolute Gasteiger partial charge is 0.279 e. The Kier molecular flexibility index (Phi) is 8.91. The van der Waals surface area contributed by atoms with Crippen LogP contribution in [0.1, 0.15) is 30.6 Å². The number of fused-ring (bicyclic) bond motifs is 1. The van der Waals surface area contributed by atoms with Gasteiger partial charge in [0.2, 0.25) is 5.72 Å². The molecule has 4 heterocycles. The number of hydrogen-bond donors (Lipinski definition) is 5. The molecule has 3 aliphatic rings. The van der Waals surface area contributed by atoms with E-state index >= 15 is 0 Å². The summed E-state index contributed by atoms with van der Waals surface area (Å²) >= 11 is 1.54. The molecule has 5 N–H and O–H groups in total. The van der Waals surface area contributed by atoms with Crippen LogP contribution in [-0.4, -0.2) is 135 Å². The van der Waals surface area contributed by atoms with Gasteiger partial charge in [0.25, 0.3) is 11.8 Å². The lowest BCUT2D eigenvalue weighted by atomic mass is 9.89. The third-order valence-corrected chi connectivity index (χ3v) is 9.62. The predicted octanol–water partition coefficient (Wildman–Crippen LogP) is -0.711. The Morgan fingerprint density at radius 3 is 2.49 bits per heavy atom. The number of anilines is 1. The number of ether oxygens (including phenoxy) is 1. The first-order valence-corrected chi connectivity index (χ1v) is 15.3. The fraction of sp³-hybridized carbons (Fsp3) is 0.586. The molecule has 0 spiro atoms. The summed E-state index contributed by atoms with van der Waals surface area (Å²) in [5, 5.41) is 48.0. The number of amides is 2. The number of ketones is 1. The molecule has 2 unspecified atom stereocenters. The Bertz CT molecular complexity index is 1340. The molecule has 234 valence electrons. The van der Waals surface area contributed by atoms with E-state index in [0.717, 1.165) is 54.4 Å². The van der Waals surface area contributed by atoms with Gasteiger partial charge in [0, 0.05) is 55.1 Å². The van der Waals surface area contributed by atoms with Gasteiger partial charge >= 0.3 is 0 Å². The highest BCUT2D eigenvalue weighted by Crippen LogP contribution is 2.36. The second-order valence-electron chi connectivity index (χ2n) is 11.8. The summed E-state index contributed by atoms with van der Waals surface area (Å²) in [5.41, 5.74) is -3.90. The van der Waals surface area contributed by atoms with Gasteiger partial charge in [0.15, 0.2) is 10.9 Å². The number of aliphatic hydroxyl groups is 4. The van der Waals surface area contributed by atoms with E-state index < -0.39 is 48.0 Å². The van der Waals surface area contributed by atoms with Crippen molar-refractivity contribution in [1.82, 2.24) is 20.1 Å². The van der Waals surface area contributed by atoms with Crippen LogP contribution in [-0.2, 0) is 14.3 Å². The summed E-state index contributed by atoms with van der Waals surface area (Å²) in [5.74, 6) is -2.66. The summed E-state index contributed by atoms with van der Waals surface area (Å²) in [6, 6.07) is 5.36. The van der Waals surface area contributed by atoms with Crippen LogP contribution in [0.25, 0.3) is 11.3 Å². The lowest BCUT2D eigenvalue weighted by molar-refractivity contribution is -0.202. The molecule has 3 aliphatic heterocycles. The van der Waals surface area contributed by atoms with Crippen LogP contribution in [0.2, 0.25) is 0 Å². The number of carbonyl (C=O) groups is 3. The number of likely N-dealkylation sites (N-methyl/N-ethyl adjacent to an activating group) is 1. The summed E-state index contributed by atoms with van der Waals surface area (Å²) in [7, 11) is 2.09. The summed E-state index contributed by atoms with van der Waals surface area (Å²) < 4.78 is 5.60. The van der Waals surface area contributed by atoms with E-state index in [1.807, 2.05) is 12.3 Å². The van der Waals surface area contributed by atoms with E-state index in [1.54, 1.807) is 12.1 Å². The van der Waals surface area contributed by atoms with Gasteiger partial charge < -0.3 is 45.2 Å². The number of benzene rings is 1. The molecule has 1 aromatic heterocycles. The van der Waals surface area contributed by atoms with E-state index in [-0.39, 0.29) is 30.4 Å². The predicted molar refractivity (Wildman–Crippen MR) is 157 cm³/mol. The average molecular weight is 618 g/mol. The largest absolute Gasteiger partial charge is 0.393 e. The van der Waals surface area contributed by atoms with E-state index in [4.69, 9.17) is 9.72 Å². The Morgan fingerprint density at radius 1 is 1.19 bits per heavy atom. The molecule has 6 atom stereocenters. The maximum absolute atomic E-state index is 13.9. The molecule has 3 fully saturated rings. The summed E-state index contributed by atoms with van der Waals surface area (Å²) in [6.45, 7) is 5.41. The Morgan fingerprint density at radius 2 is 1.86 bits per heavy atom. The van der Waals surface area contributed by atoms with Crippen molar-refractivity contribution in [3.05, 3.63) is 35.2 Å². The number of Topliss-reactive ketones (excluding diaryl/α,β-unsaturated/α-hetero) is 1. The average Bonchev–Trinajstić information content (AvgIpc) is 3.74. The van der Waals surface area contributed by atoms with Gasteiger partial charge in [-0.15, -0.1) is 11.3 Å². The van der Waals surface area contributed by atoms with Crippen LogP contribution in [0.15, 0.2) is 29.6 Å². The van der Waals surface area contributed by atoms with Gasteiger partial charge in [-0.2, -0.15) is 0 Å². The summed E-state index contributed by atoms with van der Waals surface area (Å²) in [4.78, 5) is 50.2. The minimum Gasteiger partial charge on any atom is -0.393 e. The SMILES string of the molecule is CC[C@@H]1CN(C(=O)C(O)(NC(=O)c2ccc(-c3csc(N4CCN(C)CC4)n3)cc2)C(O)[C@@](C)(O)CO)[C@@H]2C(=O)CO[C@H]12. The highest BCUT2D eigenvalue weighted by atomic mass is 32.1. The fourth-order valence-corrected chi connectivity index (χ4v) is 6.78. The fourth-order valence-electron chi connectivity index (χ4n) is 5.90. The lowest BCUT2D eigenvalue weighted by Crippen LogP contribution is -2.72. The Labute approximate surface area is 253 Å². The molecule has 3 saturated heterocycles. The second kappa shape index (κ2) is 12.2. The third-order valence-electron chi connectivity index (χ3n) is 8.72. The van der Waals surface area contributed by atoms with Crippen LogP contribution in [0, 0.1) is 5.92 Å². The maximum Gasteiger partial charge on any atom is 0.279 e. The number of likely N-dealkylation sites (tertiary alicyclic amines) is 1. The van der Waals surface area contributed by atoms with Gasteiger partial charge in [0.05, 0.1) is 18.4 Å². The van der Waals surface area contributed by atoms with Crippen LogP contribution in [0.3, 0.4) is 0 Å². The number of nitrogens with zero attached hydrogens (tertiary/aromatic N) is 4. The zero-order chi connectivity index (χ0) is 31.1. The molecular formula is C29H39N5O8S. The molecule has 0 bridgehead atoms. The second-order valence-corrected chi connectivity index (χ2v) is 12.7. The van der Waals surface area contributed by atoms with Crippen molar-refractivity contribution in [2.45, 2.75) is 49.8 Å². The zero-order valence-electron chi connectivity index (χ0n) is 24.5. The van der Waals surface area contributed by atoms with Crippen molar-refractivity contribution in [2.75, 3.05) is 57.9 Å². The van der Waals surface area contributed by atoms with Crippen LogP contribution in [0.4, 0.5) is 5.13 Å². The molecule has 2 aromatic rings. The van der Waals surface area contributed by atoms with Crippen molar-refractivity contribution in [3.8, 4) is 11.3 Å². The number of aromatic nitrogens is 1. The Hall–Kier alpha value is -2.98. The number of carbonyl (C=O) groups excluding carboxylic acids is 3. The molecule has 0 saturated carbocycles. The third kappa shape index (κ3) is 5.92. The van der Waals surface area contributed by atoms with Gasteiger partial charge in [-0.25, -0.2) is 4.98 Å². The number of thiazole rings is 1. The zero-order valence-corrected chi connectivity index (χ0v) is 25.3. The van der Waals surface area contributed by atoms with Crippen molar-refractivity contribution in [2.24, 2.45) is 5.92 Å². The van der Waals surface area contributed by atoms with E-state index in [2.05, 4.69) is 22.2 Å². The molecule has 13 nitrogen and oxygen atoms in total. The first kappa shape index (κ1) is 31.4. The van der Waals surface area contributed by atoms with Crippen molar-refractivity contribution in [1.29, 1.82) is 0 Å². The van der Waals surface area contributed by atoms with Gasteiger partial charge in [-0.1, -0.05) is 19.1 Å². The monoisotopic (exact) mass is 617 g/mol. The molecular weight excluding hydrogens is 578 g/mol. The Balaban J connectivity index is 1.36. The van der Waals surface area contributed by atoms with Gasteiger partial charge in [-0.3, -0.25) is 14.4 Å². The van der Waals surface area contributed by atoms with Crippen molar-refractivity contribution in [3.63, 3.8) is 0 Å². The first-order valence-electron chi connectivity index (χ1n) is 14.4. The normalized spacial score (nSPS) is 26.1. The summed E-state index contributed by atoms with van der Waals surface area (Å²) in [6.07, 6.45) is -2.34. The van der Waals surface area contributed by atoms with Crippen LogP contribution >= 0.6 is 11.3 Å². The van der Waals surface area contributed by atoms with Crippen LogP contribution in [0.5, 0.6) is 0 Å². The standard InChI is InChI=1S/C29H39N5O8S/c1-4-17-13-34(22-21(36)14-42-23(17)22)26(39)29(41,25(38)28(2,40)16-35)31-24(37)19-7-5-18(6-8-19)20-15-43-27(30-20)33-11-9-32(3)10-12-33/h5-8,15,17,22-23,25,35,38,40-41H,4,9-14,16H2,1-3H3,(H,31,37)/t17-,22-,23-,25?,28+,29?/m1/s1. The number of piperazine rings is 1. The number of hydrogen-bond acceptors (Lipinski definition) is 12. The highest BCUT2D eigenvalue weighted by Gasteiger charge is 2.60.